The zero-order chi connectivity index (χ0) is 9.31. The van der Waals surface area contributed by atoms with Gasteiger partial charge in [0.1, 0.15) is 0 Å². The van der Waals surface area contributed by atoms with Crippen LogP contribution in [0, 0.1) is 0 Å². The van der Waals surface area contributed by atoms with Crippen LogP contribution in [0.4, 0.5) is 4.79 Å². The first-order chi connectivity index (χ1) is 6.25. The number of primary amides is 1. The molecule has 1 saturated heterocycles. The van der Waals surface area contributed by atoms with Crippen LogP contribution in [0.3, 0.4) is 0 Å². The van der Waals surface area contributed by atoms with Crippen LogP contribution in [0.1, 0.15) is 44.9 Å². The Morgan fingerprint density at radius 1 is 1.08 bits per heavy atom. The summed E-state index contributed by atoms with van der Waals surface area (Å²) in [6.45, 7) is 0.884. The Labute approximate surface area is 79.3 Å². The lowest BCUT2D eigenvalue weighted by atomic mass is 9.80. The largest absolute Gasteiger partial charge is 0.351 e. The summed E-state index contributed by atoms with van der Waals surface area (Å²) in [4.78, 5) is 13.1. The van der Waals surface area contributed by atoms with Crippen molar-refractivity contribution < 1.29 is 4.79 Å². The van der Waals surface area contributed by atoms with Gasteiger partial charge >= 0.3 is 6.03 Å². The number of hydrogen-bond donors (Lipinski definition) is 1. The van der Waals surface area contributed by atoms with Gasteiger partial charge in [-0.25, -0.2) is 4.79 Å². The molecular weight excluding hydrogens is 164 g/mol. The molecule has 2 rings (SSSR count). The highest BCUT2D eigenvalue weighted by Gasteiger charge is 2.43. The third kappa shape index (κ3) is 1.40. The molecule has 0 aromatic heterocycles. The molecule has 13 heavy (non-hydrogen) atoms. The summed E-state index contributed by atoms with van der Waals surface area (Å²) in [6.07, 6.45) is 8.53. The van der Waals surface area contributed by atoms with Gasteiger partial charge in [-0.05, 0) is 25.7 Å². The molecule has 0 aromatic carbocycles. The first-order valence-electron chi connectivity index (χ1n) is 5.32. The smallest absolute Gasteiger partial charge is 0.315 e. The van der Waals surface area contributed by atoms with Crippen LogP contribution >= 0.6 is 0 Å². The normalized spacial score (nSPS) is 26.6. The Balaban J connectivity index is 2.13. The first kappa shape index (κ1) is 8.85. The van der Waals surface area contributed by atoms with Gasteiger partial charge < -0.3 is 10.6 Å². The van der Waals surface area contributed by atoms with Crippen LogP contribution in [0.2, 0.25) is 0 Å². The molecule has 2 N–H and O–H groups in total. The molecule has 1 aliphatic carbocycles. The van der Waals surface area contributed by atoms with E-state index in [4.69, 9.17) is 5.73 Å². The zero-order valence-electron chi connectivity index (χ0n) is 8.09. The summed E-state index contributed by atoms with van der Waals surface area (Å²) in [7, 11) is 0. The van der Waals surface area contributed by atoms with Gasteiger partial charge in [0.2, 0.25) is 0 Å². The quantitative estimate of drug-likeness (QED) is 0.610. The van der Waals surface area contributed by atoms with Gasteiger partial charge in [-0.3, -0.25) is 0 Å². The summed E-state index contributed by atoms with van der Waals surface area (Å²) in [6, 6.07) is -0.209. The van der Waals surface area contributed by atoms with Crippen molar-refractivity contribution in [1.82, 2.24) is 4.90 Å². The number of rotatable bonds is 0. The Morgan fingerprint density at radius 2 is 1.69 bits per heavy atom. The fraction of sp³-hybridized carbons (Fsp3) is 0.900. The molecule has 2 fully saturated rings. The highest BCUT2D eigenvalue weighted by Crippen LogP contribution is 2.41. The van der Waals surface area contributed by atoms with Gasteiger partial charge in [-0.1, -0.05) is 19.3 Å². The minimum Gasteiger partial charge on any atom is -0.351 e. The molecule has 2 aliphatic rings. The lowest BCUT2D eigenvalue weighted by Gasteiger charge is -2.40. The van der Waals surface area contributed by atoms with Crippen molar-refractivity contribution in [3.63, 3.8) is 0 Å². The molecule has 1 aliphatic heterocycles. The van der Waals surface area contributed by atoms with Gasteiger partial charge in [-0.2, -0.15) is 0 Å². The molecule has 0 unspecified atom stereocenters. The Bertz CT molecular complexity index is 209. The second-order valence-electron chi connectivity index (χ2n) is 4.38. The standard InChI is InChI=1S/C10H18N2O/c11-9(13)12-8-4-7-10(12)5-2-1-3-6-10/h1-8H2,(H2,11,13). The van der Waals surface area contributed by atoms with Crippen molar-refractivity contribution in [3.05, 3.63) is 0 Å². The molecule has 74 valence electrons. The van der Waals surface area contributed by atoms with Crippen LogP contribution in [-0.4, -0.2) is 23.0 Å². The van der Waals surface area contributed by atoms with Crippen molar-refractivity contribution >= 4 is 6.03 Å². The van der Waals surface area contributed by atoms with Gasteiger partial charge in [0.05, 0.1) is 0 Å². The van der Waals surface area contributed by atoms with Crippen molar-refractivity contribution in [3.8, 4) is 0 Å². The van der Waals surface area contributed by atoms with Gasteiger partial charge in [0.15, 0.2) is 0 Å². The topological polar surface area (TPSA) is 46.3 Å². The zero-order valence-corrected chi connectivity index (χ0v) is 8.09. The first-order valence-corrected chi connectivity index (χ1v) is 5.32. The Kier molecular flexibility index (Phi) is 2.18. The van der Waals surface area contributed by atoms with E-state index >= 15 is 0 Å². The lowest BCUT2D eigenvalue weighted by Crippen LogP contribution is -2.50. The summed E-state index contributed by atoms with van der Waals surface area (Å²) in [5, 5.41) is 0. The Morgan fingerprint density at radius 3 is 2.31 bits per heavy atom. The summed E-state index contributed by atoms with van der Waals surface area (Å²) in [5.74, 6) is 0. The number of nitrogens with zero attached hydrogens (tertiary/aromatic N) is 1. The number of nitrogens with two attached hydrogens (primary N) is 1. The van der Waals surface area contributed by atoms with Crippen LogP contribution in [0.25, 0.3) is 0 Å². The molecule has 1 heterocycles. The highest BCUT2D eigenvalue weighted by molar-refractivity contribution is 5.73. The maximum atomic E-state index is 11.2. The number of carbonyl (C=O) groups is 1. The molecular formula is C10H18N2O. The van der Waals surface area contributed by atoms with E-state index < -0.39 is 0 Å². The van der Waals surface area contributed by atoms with Crippen LogP contribution in [-0.2, 0) is 0 Å². The maximum absolute atomic E-state index is 11.2. The fourth-order valence-electron chi connectivity index (χ4n) is 3.01. The summed E-state index contributed by atoms with van der Waals surface area (Å²) >= 11 is 0. The number of amides is 2. The van der Waals surface area contributed by atoms with Crippen LogP contribution in [0.5, 0.6) is 0 Å². The van der Waals surface area contributed by atoms with E-state index in [0.717, 1.165) is 13.0 Å². The summed E-state index contributed by atoms with van der Waals surface area (Å²) < 4.78 is 0. The molecule has 3 heteroatoms. The fourth-order valence-corrected chi connectivity index (χ4v) is 3.01. The predicted octanol–water partition coefficient (Wildman–Crippen LogP) is 1.86. The van der Waals surface area contributed by atoms with Gasteiger partial charge in [0, 0.05) is 12.1 Å². The minimum absolute atomic E-state index is 0.171. The van der Waals surface area contributed by atoms with Crippen LogP contribution in [0.15, 0.2) is 0 Å². The number of urea groups is 1. The SMILES string of the molecule is NC(=O)N1CCCC12CCCCC2. The van der Waals surface area contributed by atoms with Gasteiger partial charge in [-0.15, -0.1) is 0 Å². The maximum Gasteiger partial charge on any atom is 0.315 e. The summed E-state index contributed by atoms with van der Waals surface area (Å²) in [5.41, 5.74) is 5.56. The lowest BCUT2D eigenvalue weighted by molar-refractivity contribution is 0.118. The molecule has 0 aromatic rings. The number of carbonyl (C=O) groups excluding carboxylic acids is 1. The van der Waals surface area contributed by atoms with E-state index in [-0.39, 0.29) is 11.6 Å². The van der Waals surface area contributed by atoms with E-state index in [9.17, 15) is 4.79 Å². The van der Waals surface area contributed by atoms with Crippen molar-refractivity contribution in [2.24, 2.45) is 5.73 Å². The molecule has 2 amide bonds. The van der Waals surface area contributed by atoms with E-state index in [1.165, 1.54) is 38.5 Å². The minimum atomic E-state index is -0.209. The number of likely N-dealkylation sites (tertiary alicyclic amines) is 1. The molecule has 3 nitrogen and oxygen atoms in total. The molecule has 0 bridgehead atoms. The molecule has 1 saturated carbocycles. The second kappa shape index (κ2) is 3.20. The van der Waals surface area contributed by atoms with Gasteiger partial charge in [0.25, 0.3) is 0 Å². The molecule has 0 atom stereocenters. The third-order valence-corrected chi connectivity index (χ3v) is 3.65. The predicted molar refractivity (Wildman–Crippen MR) is 51.3 cm³/mol. The van der Waals surface area contributed by atoms with Crippen LogP contribution < -0.4 is 5.73 Å². The molecule has 0 radical (unpaired) electrons. The molecule has 1 spiro atoms. The average Bonchev–Trinajstić information content (AvgIpc) is 2.50. The highest BCUT2D eigenvalue weighted by atomic mass is 16.2. The second-order valence-corrected chi connectivity index (χ2v) is 4.38. The monoisotopic (exact) mass is 182 g/mol. The van der Waals surface area contributed by atoms with E-state index in [2.05, 4.69) is 0 Å². The van der Waals surface area contributed by atoms with E-state index in [0.29, 0.717) is 0 Å². The van der Waals surface area contributed by atoms with Crippen molar-refractivity contribution in [2.45, 2.75) is 50.5 Å². The van der Waals surface area contributed by atoms with Crippen molar-refractivity contribution in [1.29, 1.82) is 0 Å². The van der Waals surface area contributed by atoms with E-state index in [1.54, 1.807) is 0 Å². The average molecular weight is 182 g/mol. The third-order valence-electron chi connectivity index (χ3n) is 3.65. The Hall–Kier alpha value is -0.730. The van der Waals surface area contributed by atoms with E-state index in [1.807, 2.05) is 4.90 Å². The number of hydrogen-bond acceptors (Lipinski definition) is 1. The van der Waals surface area contributed by atoms with Crippen molar-refractivity contribution in [2.75, 3.05) is 6.54 Å².